The summed E-state index contributed by atoms with van der Waals surface area (Å²) in [5.41, 5.74) is 1.20. The van der Waals surface area contributed by atoms with Gasteiger partial charge in [0.2, 0.25) is 5.91 Å². The molecule has 2 aliphatic rings. The Morgan fingerprint density at radius 3 is 2.69 bits per heavy atom. The number of likely N-dealkylation sites (tertiary alicyclic amines) is 1. The van der Waals surface area contributed by atoms with Crippen LogP contribution in [0.4, 0.5) is 4.39 Å². The van der Waals surface area contributed by atoms with Gasteiger partial charge in [0.1, 0.15) is 11.6 Å². The van der Waals surface area contributed by atoms with Crippen LogP contribution in [0.1, 0.15) is 25.1 Å². The number of rotatable bonds is 5. The SMILES string of the molecule is O=C(C1CC1)N1CC[C@@H](Cc2n[nH]c(=O)n2-c2ccc(-c3ccc4c(=O)nc[nH]c4c3)cc2F)C1. The van der Waals surface area contributed by atoms with Crippen molar-refractivity contribution >= 4 is 16.8 Å². The molecule has 2 aromatic carbocycles. The second kappa shape index (κ2) is 8.30. The van der Waals surface area contributed by atoms with Crippen LogP contribution >= 0.6 is 0 Å². The van der Waals surface area contributed by atoms with E-state index in [1.165, 1.54) is 17.0 Å². The Labute approximate surface area is 198 Å². The van der Waals surface area contributed by atoms with Crippen LogP contribution in [0.5, 0.6) is 0 Å². The highest BCUT2D eigenvalue weighted by atomic mass is 19.1. The van der Waals surface area contributed by atoms with Gasteiger partial charge in [0.25, 0.3) is 5.56 Å². The zero-order chi connectivity index (χ0) is 24.1. The average molecular weight is 474 g/mol. The molecule has 3 heterocycles. The molecule has 2 fully saturated rings. The van der Waals surface area contributed by atoms with Crippen molar-refractivity contribution < 1.29 is 9.18 Å². The maximum Gasteiger partial charge on any atom is 0.348 e. The number of nitrogens with zero attached hydrogens (tertiary/aromatic N) is 4. The topological polar surface area (TPSA) is 117 Å². The summed E-state index contributed by atoms with van der Waals surface area (Å²) in [7, 11) is 0. The first kappa shape index (κ1) is 21.5. The molecule has 2 N–H and O–H groups in total. The molecule has 35 heavy (non-hydrogen) atoms. The van der Waals surface area contributed by atoms with Crippen LogP contribution in [0.15, 0.2) is 52.3 Å². The molecule has 1 atom stereocenters. The van der Waals surface area contributed by atoms with Gasteiger partial charge in [0.15, 0.2) is 0 Å². The number of carbonyl (C=O) groups excluding carboxylic acids is 1. The van der Waals surface area contributed by atoms with E-state index in [-0.39, 0.29) is 29.0 Å². The molecule has 10 heteroatoms. The van der Waals surface area contributed by atoms with Crippen LogP contribution in [-0.2, 0) is 11.2 Å². The third-order valence-corrected chi connectivity index (χ3v) is 6.91. The summed E-state index contributed by atoms with van der Waals surface area (Å²) in [5.74, 6) is 0.464. The Balaban J connectivity index is 1.27. The van der Waals surface area contributed by atoms with Gasteiger partial charge >= 0.3 is 5.69 Å². The number of aromatic nitrogens is 5. The number of H-pyrrole nitrogens is 2. The van der Waals surface area contributed by atoms with Crippen LogP contribution in [0.3, 0.4) is 0 Å². The van der Waals surface area contributed by atoms with Crippen LogP contribution in [0, 0.1) is 17.7 Å². The van der Waals surface area contributed by atoms with Gasteiger partial charge in [-0.25, -0.2) is 18.9 Å². The number of halogens is 1. The first-order valence-corrected chi connectivity index (χ1v) is 11.7. The van der Waals surface area contributed by atoms with Crippen molar-refractivity contribution in [2.45, 2.75) is 25.7 Å². The van der Waals surface area contributed by atoms with Crippen LogP contribution in [0.2, 0.25) is 0 Å². The number of hydrogen-bond acceptors (Lipinski definition) is 5. The number of aromatic amines is 2. The predicted molar refractivity (Wildman–Crippen MR) is 127 cm³/mol. The molecule has 1 aliphatic heterocycles. The van der Waals surface area contributed by atoms with E-state index in [2.05, 4.69) is 20.2 Å². The van der Waals surface area contributed by atoms with E-state index in [1.54, 1.807) is 30.3 Å². The monoisotopic (exact) mass is 474 g/mol. The predicted octanol–water partition coefficient (Wildman–Crippen LogP) is 2.40. The summed E-state index contributed by atoms with van der Waals surface area (Å²) in [6.07, 6.45) is 4.59. The number of carbonyl (C=O) groups is 1. The van der Waals surface area contributed by atoms with Gasteiger partial charge in [-0.1, -0.05) is 12.1 Å². The molecule has 0 unspecified atom stereocenters. The van der Waals surface area contributed by atoms with Crippen molar-refractivity contribution in [1.82, 2.24) is 29.6 Å². The molecule has 2 aromatic heterocycles. The van der Waals surface area contributed by atoms with Crippen LogP contribution < -0.4 is 11.2 Å². The van der Waals surface area contributed by atoms with Crippen molar-refractivity contribution in [3.8, 4) is 16.8 Å². The van der Waals surface area contributed by atoms with Crippen molar-refractivity contribution in [3.63, 3.8) is 0 Å². The lowest BCUT2D eigenvalue weighted by Gasteiger charge is -2.16. The fraction of sp³-hybridized carbons (Fsp3) is 0.320. The number of benzene rings is 2. The smallest absolute Gasteiger partial charge is 0.346 e. The summed E-state index contributed by atoms with van der Waals surface area (Å²) >= 11 is 0. The fourth-order valence-electron chi connectivity index (χ4n) is 4.89. The van der Waals surface area contributed by atoms with E-state index in [0.29, 0.717) is 41.8 Å². The molecular weight excluding hydrogens is 451 g/mol. The lowest BCUT2D eigenvalue weighted by molar-refractivity contribution is -0.131. The Bertz CT molecular complexity index is 1570. The molecule has 178 valence electrons. The molecule has 0 radical (unpaired) electrons. The zero-order valence-electron chi connectivity index (χ0n) is 18.8. The lowest BCUT2D eigenvalue weighted by Crippen LogP contribution is -2.30. The van der Waals surface area contributed by atoms with E-state index in [9.17, 15) is 14.4 Å². The second-order valence-electron chi connectivity index (χ2n) is 9.33. The third-order valence-electron chi connectivity index (χ3n) is 6.91. The van der Waals surface area contributed by atoms with Gasteiger partial charge in [-0.15, -0.1) is 0 Å². The Morgan fingerprint density at radius 1 is 1.09 bits per heavy atom. The van der Waals surface area contributed by atoms with Crippen LogP contribution in [0.25, 0.3) is 27.7 Å². The molecule has 4 aromatic rings. The summed E-state index contributed by atoms with van der Waals surface area (Å²) in [6, 6.07) is 9.80. The number of nitrogens with one attached hydrogen (secondary N) is 2. The molecule has 1 saturated heterocycles. The quantitative estimate of drug-likeness (QED) is 0.461. The lowest BCUT2D eigenvalue weighted by atomic mass is 10.0. The summed E-state index contributed by atoms with van der Waals surface area (Å²) in [6.45, 7) is 1.35. The molecule has 9 nitrogen and oxygen atoms in total. The minimum atomic E-state index is -0.562. The fourth-order valence-corrected chi connectivity index (χ4v) is 4.89. The Kier molecular flexibility index (Phi) is 5.09. The van der Waals surface area contributed by atoms with Gasteiger partial charge in [-0.3, -0.25) is 9.59 Å². The number of amides is 1. The largest absolute Gasteiger partial charge is 0.348 e. The summed E-state index contributed by atoms with van der Waals surface area (Å²) < 4.78 is 16.6. The highest BCUT2D eigenvalue weighted by molar-refractivity contribution is 5.83. The molecule has 0 spiro atoms. The standard InChI is InChI=1S/C25H23FN6O3/c26-19-10-16(17-3-5-18-20(11-17)27-13-28-23(18)33)4-6-21(19)32-22(29-30-25(32)35)9-14-7-8-31(12-14)24(34)15-1-2-15/h3-6,10-11,13-15H,1-2,7-9,12H2,(H,30,35)(H,27,28,33)/t14-/m0/s1. The van der Waals surface area contributed by atoms with Crippen molar-refractivity contribution in [3.05, 3.63) is 75.2 Å². The molecular formula is C25H23FN6O3. The molecule has 1 amide bonds. The van der Waals surface area contributed by atoms with Crippen molar-refractivity contribution in [2.24, 2.45) is 11.8 Å². The van der Waals surface area contributed by atoms with Gasteiger partial charge in [-0.2, -0.15) is 10.1 Å². The van der Waals surface area contributed by atoms with Gasteiger partial charge < -0.3 is 9.88 Å². The first-order valence-electron chi connectivity index (χ1n) is 11.7. The van der Waals surface area contributed by atoms with E-state index in [1.807, 2.05) is 4.90 Å². The molecule has 1 aliphatic carbocycles. The molecule has 6 rings (SSSR count). The third kappa shape index (κ3) is 3.94. The number of hydrogen-bond donors (Lipinski definition) is 2. The zero-order valence-corrected chi connectivity index (χ0v) is 18.8. The Hall–Kier alpha value is -4.08. The molecule has 0 bridgehead atoms. The van der Waals surface area contributed by atoms with Crippen LogP contribution in [-0.4, -0.2) is 48.6 Å². The van der Waals surface area contributed by atoms with E-state index < -0.39 is 11.5 Å². The second-order valence-corrected chi connectivity index (χ2v) is 9.33. The maximum atomic E-state index is 15.3. The minimum absolute atomic E-state index is 0.116. The van der Waals surface area contributed by atoms with E-state index in [0.717, 1.165) is 24.8 Å². The van der Waals surface area contributed by atoms with Crippen molar-refractivity contribution in [2.75, 3.05) is 13.1 Å². The Morgan fingerprint density at radius 2 is 1.89 bits per heavy atom. The highest BCUT2D eigenvalue weighted by Crippen LogP contribution is 2.33. The van der Waals surface area contributed by atoms with E-state index >= 15 is 4.39 Å². The first-order chi connectivity index (χ1) is 17.0. The van der Waals surface area contributed by atoms with Gasteiger partial charge in [-0.05, 0) is 60.6 Å². The van der Waals surface area contributed by atoms with Gasteiger partial charge in [0, 0.05) is 25.4 Å². The summed E-state index contributed by atoms with van der Waals surface area (Å²) in [5, 5.41) is 7.05. The van der Waals surface area contributed by atoms with Crippen molar-refractivity contribution in [1.29, 1.82) is 0 Å². The maximum absolute atomic E-state index is 15.3. The summed E-state index contributed by atoms with van der Waals surface area (Å²) in [4.78, 5) is 45.3. The van der Waals surface area contributed by atoms with E-state index in [4.69, 9.17) is 0 Å². The number of fused-ring (bicyclic) bond motifs is 1. The highest BCUT2D eigenvalue weighted by Gasteiger charge is 2.37. The normalized spacial score (nSPS) is 17.9. The molecule has 1 saturated carbocycles. The minimum Gasteiger partial charge on any atom is -0.346 e. The average Bonchev–Trinajstić information content (AvgIpc) is 3.51. The van der Waals surface area contributed by atoms with Gasteiger partial charge in [0.05, 0.1) is 22.9 Å².